The molecule has 1 N–H and O–H groups in total. The third-order valence-electron chi connectivity index (χ3n) is 2.20. The molecule has 16 heavy (non-hydrogen) atoms. The molecule has 1 heterocycles. The highest BCUT2D eigenvalue weighted by Gasteiger charge is 1.92. The molecule has 3 heteroatoms. The maximum absolute atomic E-state index is 4.19. The summed E-state index contributed by atoms with van der Waals surface area (Å²) in [5.41, 5.74) is 5.27. The number of aryl methyl sites for hydroxylation is 2. The Morgan fingerprint density at radius 2 is 1.81 bits per heavy atom. The standard InChI is InChI=1S/C13H14N2S/c1-10-3-6-12(7-4-10)15-14-9-13-8-5-11(2)16-13/h3-9,15H,1-2H3/b14-9-. The molecule has 0 saturated carbocycles. The molecule has 0 atom stereocenters. The fraction of sp³-hybridized carbons (Fsp3) is 0.154. The van der Waals surface area contributed by atoms with E-state index < -0.39 is 0 Å². The zero-order valence-electron chi connectivity index (χ0n) is 9.40. The van der Waals surface area contributed by atoms with Crippen LogP contribution < -0.4 is 5.43 Å². The highest BCUT2D eigenvalue weighted by atomic mass is 32.1. The average Bonchev–Trinajstić information content (AvgIpc) is 2.67. The molecule has 0 radical (unpaired) electrons. The number of thiophene rings is 1. The van der Waals surface area contributed by atoms with Gasteiger partial charge in [-0.3, -0.25) is 5.43 Å². The summed E-state index contributed by atoms with van der Waals surface area (Å²) in [6.45, 7) is 4.16. The lowest BCUT2D eigenvalue weighted by atomic mass is 10.2. The van der Waals surface area contributed by atoms with Gasteiger partial charge in [0.05, 0.1) is 11.9 Å². The Labute approximate surface area is 99.6 Å². The van der Waals surface area contributed by atoms with E-state index in [1.807, 2.05) is 18.3 Å². The van der Waals surface area contributed by atoms with Crippen LogP contribution in [0.1, 0.15) is 15.3 Å². The topological polar surface area (TPSA) is 24.4 Å². The fourth-order valence-electron chi connectivity index (χ4n) is 1.32. The van der Waals surface area contributed by atoms with Crippen molar-refractivity contribution in [3.63, 3.8) is 0 Å². The third-order valence-corrected chi connectivity index (χ3v) is 3.13. The second-order valence-corrected chi connectivity index (χ2v) is 5.00. The van der Waals surface area contributed by atoms with Crippen LogP contribution in [0, 0.1) is 13.8 Å². The van der Waals surface area contributed by atoms with Crippen LogP contribution in [-0.4, -0.2) is 6.21 Å². The highest BCUT2D eigenvalue weighted by Crippen LogP contribution is 2.13. The van der Waals surface area contributed by atoms with Crippen LogP contribution in [0.3, 0.4) is 0 Å². The average molecular weight is 230 g/mol. The monoisotopic (exact) mass is 230 g/mol. The Balaban J connectivity index is 1.97. The molecule has 0 aliphatic carbocycles. The quantitative estimate of drug-likeness (QED) is 0.629. The van der Waals surface area contributed by atoms with Gasteiger partial charge in [-0.05, 0) is 38.1 Å². The molecule has 0 unspecified atom stereocenters. The molecule has 0 amide bonds. The van der Waals surface area contributed by atoms with Gasteiger partial charge in [-0.25, -0.2) is 0 Å². The van der Waals surface area contributed by atoms with Crippen LogP contribution in [0.5, 0.6) is 0 Å². The zero-order chi connectivity index (χ0) is 11.4. The zero-order valence-corrected chi connectivity index (χ0v) is 10.2. The number of hydrazone groups is 1. The summed E-state index contributed by atoms with van der Waals surface area (Å²) in [4.78, 5) is 2.47. The minimum atomic E-state index is 1.01. The summed E-state index contributed by atoms with van der Waals surface area (Å²) in [7, 11) is 0. The normalized spacial score (nSPS) is 10.9. The molecule has 0 saturated heterocycles. The summed E-state index contributed by atoms with van der Waals surface area (Å²) >= 11 is 1.74. The van der Waals surface area contributed by atoms with Gasteiger partial charge in [-0.15, -0.1) is 11.3 Å². The van der Waals surface area contributed by atoms with E-state index in [1.54, 1.807) is 11.3 Å². The molecule has 0 fully saturated rings. The first-order valence-corrected chi connectivity index (χ1v) is 5.98. The number of hydrogen-bond donors (Lipinski definition) is 1. The van der Waals surface area contributed by atoms with Crippen molar-refractivity contribution in [1.82, 2.24) is 0 Å². The van der Waals surface area contributed by atoms with E-state index in [4.69, 9.17) is 0 Å². The summed E-state index contributed by atoms with van der Waals surface area (Å²) < 4.78 is 0. The van der Waals surface area contributed by atoms with E-state index in [2.05, 4.69) is 48.6 Å². The molecule has 0 aliphatic rings. The molecule has 2 nitrogen and oxygen atoms in total. The van der Waals surface area contributed by atoms with Crippen molar-refractivity contribution in [1.29, 1.82) is 0 Å². The number of anilines is 1. The van der Waals surface area contributed by atoms with Crippen LogP contribution >= 0.6 is 11.3 Å². The minimum Gasteiger partial charge on any atom is -0.278 e. The van der Waals surface area contributed by atoms with Gasteiger partial charge >= 0.3 is 0 Å². The van der Waals surface area contributed by atoms with Crippen molar-refractivity contribution in [2.45, 2.75) is 13.8 Å². The van der Waals surface area contributed by atoms with Gasteiger partial charge in [0, 0.05) is 9.75 Å². The Morgan fingerprint density at radius 1 is 1.06 bits per heavy atom. The Kier molecular flexibility index (Phi) is 3.37. The van der Waals surface area contributed by atoms with Crippen LogP contribution in [0.2, 0.25) is 0 Å². The molecule has 2 rings (SSSR count). The van der Waals surface area contributed by atoms with Crippen molar-refractivity contribution in [3.05, 3.63) is 51.7 Å². The first-order valence-electron chi connectivity index (χ1n) is 5.16. The molecular weight excluding hydrogens is 216 g/mol. The molecule has 82 valence electrons. The molecule has 2 aromatic rings. The Morgan fingerprint density at radius 3 is 2.44 bits per heavy atom. The lowest BCUT2D eigenvalue weighted by Gasteiger charge is -1.99. The van der Waals surface area contributed by atoms with Crippen molar-refractivity contribution in [3.8, 4) is 0 Å². The van der Waals surface area contributed by atoms with Crippen molar-refractivity contribution in [2.24, 2.45) is 5.10 Å². The van der Waals surface area contributed by atoms with Gasteiger partial charge < -0.3 is 0 Å². The largest absolute Gasteiger partial charge is 0.278 e. The smallest absolute Gasteiger partial charge is 0.0644 e. The molecule has 1 aromatic carbocycles. The van der Waals surface area contributed by atoms with E-state index in [0.717, 1.165) is 10.6 Å². The van der Waals surface area contributed by atoms with E-state index in [-0.39, 0.29) is 0 Å². The SMILES string of the molecule is Cc1ccc(N/N=C\c2ccc(C)s2)cc1. The van der Waals surface area contributed by atoms with Gasteiger partial charge in [-0.2, -0.15) is 5.10 Å². The van der Waals surface area contributed by atoms with Gasteiger partial charge in [0.25, 0.3) is 0 Å². The van der Waals surface area contributed by atoms with Crippen molar-refractivity contribution >= 4 is 23.2 Å². The van der Waals surface area contributed by atoms with Gasteiger partial charge in [-0.1, -0.05) is 17.7 Å². The van der Waals surface area contributed by atoms with E-state index in [0.29, 0.717) is 0 Å². The molecular formula is C13H14N2S. The lowest BCUT2D eigenvalue weighted by Crippen LogP contribution is -1.88. The van der Waals surface area contributed by atoms with Gasteiger partial charge in [0.15, 0.2) is 0 Å². The molecule has 1 aromatic heterocycles. The second-order valence-electron chi connectivity index (χ2n) is 3.68. The molecule has 0 bridgehead atoms. The first kappa shape index (κ1) is 10.9. The van der Waals surface area contributed by atoms with Crippen LogP contribution in [0.4, 0.5) is 5.69 Å². The summed E-state index contributed by atoms with van der Waals surface area (Å²) in [6.07, 6.45) is 1.84. The molecule has 0 aliphatic heterocycles. The van der Waals surface area contributed by atoms with Crippen LogP contribution in [0.25, 0.3) is 0 Å². The predicted octanol–water partition coefficient (Wildman–Crippen LogP) is 3.81. The Bertz CT molecular complexity index is 483. The molecule has 0 spiro atoms. The van der Waals surface area contributed by atoms with Crippen LogP contribution in [-0.2, 0) is 0 Å². The first-order chi connectivity index (χ1) is 7.74. The van der Waals surface area contributed by atoms with Crippen LogP contribution in [0.15, 0.2) is 41.5 Å². The van der Waals surface area contributed by atoms with Gasteiger partial charge in [0.1, 0.15) is 0 Å². The fourth-order valence-corrected chi connectivity index (χ4v) is 2.07. The van der Waals surface area contributed by atoms with Gasteiger partial charge in [0.2, 0.25) is 0 Å². The third kappa shape index (κ3) is 2.94. The number of benzene rings is 1. The van der Waals surface area contributed by atoms with Crippen molar-refractivity contribution < 1.29 is 0 Å². The highest BCUT2D eigenvalue weighted by molar-refractivity contribution is 7.13. The predicted molar refractivity (Wildman–Crippen MR) is 71.5 cm³/mol. The second kappa shape index (κ2) is 4.94. The lowest BCUT2D eigenvalue weighted by molar-refractivity contribution is 1.34. The van der Waals surface area contributed by atoms with Crippen molar-refractivity contribution in [2.75, 3.05) is 5.43 Å². The maximum atomic E-state index is 4.19. The van der Waals surface area contributed by atoms with E-state index in [1.165, 1.54) is 10.4 Å². The van der Waals surface area contributed by atoms with E-state index >= 15 is 0 Å². The summed E-state index contributed by atoms with van der Waals surface area (Å²) in [6, 6.07) is 12.3. The summed E-state index contributed by atoms with van der Waals surface area (Å²) in [5, 5.41) is 4.19. The number of nitrogens with zero attached hydrogens (tertiary/aromatic N) is 1. The minimum absolute atomic E-state index is 1.01. The Hall–Kier alpha value is -1.61. The number of rotatable bonds is 3. The number of nitrogens with one attached hydrogen (secondary N) is 1. The van der Waals surface area contributed by atoms with E-state index in [9.17, 15) is 0 Å². The maximum Gasteiger partial charge on any atom is 0.0644 e. The summed E-state index contributed by atoms with van der Waals surface area (Å²) in [5.74, 6) is 0. The number of hydrogen-bond acceptors (Lipinski definition) is 3.